The molecule has 3 atom stereocenters. The van der Waals surface area contributed by atoms with Crippen LogP contribution in [-0.4, -0.2) is 22.4 Å². The Bertz CT molecular complexity index is 418. The van der Waals surface area contributed by atoms with Crippen molar-refractivity contribution in [1.82, 2.24) is 0 Å². The summed E-state index contributed by atoms with van der Waals surface area (Å²) in [6.45, 7) is 16.9. The van der Waals surface area contributed by atoms with Crippen molar-refractivity contribution >= 4 is 0 Å². The van der Waals surface area contributed by atoms with E-state index in [-0.39, 0.29) is 17.6 Å². The average Bonchev–Trinajstić information content (AvgIpc) is 2.45. The molecule has 2 heteroatoms. The van der Waals surface area contributed by atoms with Gasteiger partial charge in [-0.3, -0.25) is 0 Å². The Morgan fingerprint density at radius 3 is 2.17 bits per heavy atom. The summed E-state index contributed by atoms with van der Waals surface area (Å²) >= 11 is 0. The molecule has 0 radical (unpaired) electrons. The zero-order valence-corrected chi connectivity index (χ0v) is 16.1. The highest BCUT2D eigenvalue weighted by molar-refractivity contribution is 5.14. The van der Waals surface area contributed by atoms with Gasteiger partial charge in [0.15, 0.2) is 0 Å². The van der Waals surface area contributed by atoms with Gasteiger partial charge < -0.3 is 10.2 Å². The molecule has 2 nitrogen and oxygen atoms in total. The summed E-state index contributed by atoms with van der Waals surface area (Å²) in [5.41, 5.74) is 2.53. The molecule has 0 bridgehead atoms. The molecule has 0 aromatic rings. The molecule has 2 rings (SSSR count). The molecule has 0 spiro atoms. The van der Waals surface area contributed by atoms with Gasteiger partial charge in [0, 0.05) is 0 Å². The van der Waals surface area contributed by atoms with Crippen molar-refractivity contribution < 1.29 is 10.2 Å². The summed E-state index contributed by atoms with van der Waals surface area (Å²) in [6, 6.07) is 0. The number of allylic oxidation sites excluding steroid dienone is 1. The van der Waals surface area contributed by atoms with Crippen LogP contribution in [0.25, 0.3) is 0 Å². The van der Waals surface area contributed by atoms with Crippen LogP contribution in [-0.2, 0) is 0 Å². The highest BCUT2D eigenvalue weighted by atomic mass is 16.3. The first-order chi connectivity index (χ1) is 10.5. The normalized spacial score (nSPS) is 30.8. The van der Waals surface area contributed by atoms with Crippen molar-refractivity contribution in [1.29, 1.82) is 0 Å². The highest BCUT2D eigenvalue weighted by Crippen LogP contribution is 2.36. The van der Waals surface area contributed by atoms with Gasteiger partial charge in [-0.15, -0.1) is 0 Å². The van der Waals surface area contributed by atoms with Gasteiger partial charge >= 0.3 is 0 Å². The maximum atomic E-state index is 9.78. The Morgan fingerprint density at radius 2 is 1.74 bits per heavy atom. The third kappa shape index (κ3) is 6.08. The second kappa shape index (κ2) is 8.48. The van der Waals surface area contributed by atoms with E-state index < -0.39 is 0 Å². The molecule has 1 fully saturated rings. The number of hydrogen-bond acceptors (Lipinski definition) is 2. The zero-order chi connectivity index (χ0) is 17.8. The predicted molar refractivity (Wildman–Crippen MR) is 99.3 cm³/mol. The van der Waals surface area contributed by atoms with E-state index in [1.165, 1.54) is 12.0 Å². The first kappa shape index (κ1) is 20.4. The van der Waals surface area contributed by atoms with Gasteiger partial charge in [0.2, 0.25) is 0 Å². The van der Waals surface area contributed by atoms with E-state index in [4.69, 9.17) is 0 Å². The van der Waals surface area contributed by atoms with Crippen LogP contribution < -0.4 is 0 Å². The molecule has 134 valence electrons. The second-order valence-electron chi connectivity index (χ2n) is 8.78. The van der Waals surface area contributed by atoms with E-state index in [1.807, 2.05) is 6.08 Å². The van der Waals surface area contributed by atoms with E-state index in [9.17, 15) is 10.2 Å². The summed E-state index contributed by atoms with van der Waals surface area (Å²) in [6.07, 6.45) is 7.00. The van der Waals surface area contributed by atoms with Gasteiger partial charge in [-0.25, -0.2) is 0 Å². The summed E-state index contributed by atoms with van der Waals surface area (Å²) < 4.78 is 0. The Balaban J connectivity index is 0.000000231. The van der Waals surface area contributed by atoms with Crippen LogP contribution in [0.5, 0.6) is 0 Å². The van der Waals surface area contributed by atoms with Crippen LogP contribution >= 0.6 is 0 Å². The lowest BCUT2D eigenvalue weighted by Gasteiger charge is -2.34. The molecule has 2 aliphatic rings. The smallest absolute Gasteiger partial charge is 0.0774 e. The fraction of sp³-hybridized carbons (Fsp3) is 0.810. The first-order valence-electron chi connectivity index (χ1n) is 9.29. The van der Waals surface area contributed by atoms with E-state index in [0.717, 1.165) is 31.3 Å². The summed E-state index contributed by atoms with van der Waals surface area (Å²) in [5.74, 6) is 2.00. The minimum atomic E-state index is -0.247. The molecule has 2 N–H and O–H groups in total. The molecule has 0 aromatic carbocycles. The molecular weight excluding hydrogens is 284 g/mol. The number of aliphatic hydroxyl groups is 2. The Morgan fingerprint density at radius 1 is 1.13 bits per heavy atom. The van der Waals surface area contributed by atoms with Gasteiger partial charge in [-0.1, -0.05) is 59.8 Å². The lowest BCUT2D eigenvalue weighted by Crippen LogP contribution is -2.31. The fourth-order valence-electron chi connectivity index (χ4n) is 3.32. The Kier molecular flexibility index (Phi) is 7.54. The van der Waals surface area contributed by atoms with Crippen molar-refractivity contribution in [2.45, 2.75) is 85.9 Å². The topological polar surface area (TPSA) is 40.5 Å². The third-order valence-corrected chi connectivity index (χ3v) is 5.75. The van der Waals surface area contributed by atoms with Crippen LogP contribution in [0.4, 0.5) is 0 Å². The highest BCUT2D eigenvalue weighted by Gasteiger charge is 2.30. The van der Waals surface area contributed by atoms with Crippen molar-refractivity contribution in [3.63, 3.8) is 0 Å². The second-order valence-corrected chi connectivity index (χ2v) is 8.78. The number of aliphatic hydroxyl groups excluding tert-OH is 2. The van der Waals surface area contributed by atoms with Crippen LogP contribution in [0, 0.1) is 23.2 Å². The molecule has 0 aliphatic heterocycles. The van der Waals surface area contributed by atoms with Gasteiger partial charge in [0.05, 0.1) is 12.2 Å². The average molecular weight is 323 g/mol. The monoisotopic (exact) mass is 322 g/mol. The lowest BCUT2D eigenvalue weighted by atomic mass is 9.74. The first-order valence-corrected chi connectivity index (χ1v) is 9.29. The number of hydrogen-bond donors (Lipinski definition) is 2. The molecule has 0 aromatic heterocycles. The van der Waals surface area contributed by atoms with Gasteiger partial charge in [-0.2, -0.15) is 0 Å². The largest absolute Gasteiger partial charge is 0.389 e. The van der Waals surface area contributed by atoms with E-state index >= 15 is 0 Å². The van der Waals surface area contributed by atoms with E-state index in [0.29, 0.717) is 17.8 Å². The summed E-state index contributed by atoms with van der Waals surface area (Å²) in [4.78, 5) is 0. The van der Waals surface area contributed by atoms with Crippen LogP contribution in [0.3, 0.4) is 0 Å². The molecule has 0 saturated heterocycles. The molecule has 2 aliphatic carbocycles. The zero-order valence-electron chi connectivity index (χ0n) is 16.1. The predicted octanol–water partition coefficient (Wildman–Crippen LogP) is 5.11. The van der Waals surface area contributed by atoms with Crippen molar-refractivity contribution in [3.05, 3.63) is 23.8 Å². The van der Waals surface area contributed by atoms with Gasteiger partial charge in [-0.05, 0) is 60.8 Å². The molecule has 3 unspecified atom stereocenters. The Hall–Kier alpha value is -0.600. The maximum absolute atomic E-state index is 9.78. The molecule has 0 heterocycles. The quantitative estimate of drug-likeness (QED) is 0.694. The van der Waals surface area contributed by atoms with Crippen LogP contribution in [0.2, 0.25) is 0 Å². The third-order valence-electron chi connectivity index (χ3n) is 5.75. The van der Waals surface area contributed by atoms with E-state index in [2.05, 4.69) is 48.1 Å². The van der Waals surface area contributed by atoms with Gasteiger partial charge in [0.25, 0.3) is 0 Å². The molecule has 1 saturated carbocycles. The Labute approximate surface area is 143 Å². The van der Waals surface area contributed by atoms with Crippen molar-refractivity contribution in [3.8, 4) is 0 Å². The van der Waals surface area contributed by atoms with Crippen molar-refractivity contribution in [2.75, 3.05) is 0 Å². The molecule has 0 amide bonds. The summed E-state index contributed by atoms with van der Waals surface area (Å²) in [5, 5.41) is 19.3. The lowest BCUT2D eigenvalue weighted by molar-refractivity contribution is 0.0737. The van der Waals surface area contributed by atoms with E-state index in [1.54, 1.807) is 0 Å². The maximum Gasteiger partial charge on any atom is 0.0774 e. The minimum absolute atomic E-state index is 0.0817. The number of rotatable bonds is 2. The van der Waals surface area contributed by atoms with Crippen molar-refractivity contribution in [2.24, 2.45) is 23.2 Å². The summed E-state index contributed by atoms with van der Waals surface area (Å²) in [7, 11) is 0. The fourth-order valence-corrected chi connectivity index (χ4v) is 3.32. The minimum Gasteiger partial charge on any atom is -0.389 e. The molecular formula is C21H38O2. The van der Waals surface area contributed by atoms with Gasteiger partial charge in [0.1, 0.15) is 0 Å². The molecule has 23 heavy (non-hydrogen) atoms. The van der Waals surface area contributed by atoms with Crippen LogP contribution in [0.1, 0.15) is 73.6 Å². The SMILES string of the molecule is C=C1CCC(C(C)C)CC1O.CC(C)C1=CC(O)C(C)(C)CC1. The van der Waals surface area contributed by atoms with Crippen LogP contribution in [0.15, 0.2) is 23.8 Å². The standard InChI is InChI=1S/C11H20O.C10H18O/c1-8(2)9-5-6-11(3,4)10(12)7-9;1-7(2)9-5-4-8(3)10(11)6-9/h7-8,10,12H,5-6H2,1-4H3;7,9-11H,3-6H2,1-2H3.